The van der Waals surface area contributed by atoms with E-state index in [4.69, 9.17) is 14.2 Å². The molecule has 0 spiro atoms. The zero-order valence-electron chi connectivity index (χ0n) is 16.7. The molecule has 0 radical (unpaired) electrons. The van der Waals surface area contributed by atoms with Gasteiger partial charge in [0.2, 0.25) is 0 Å². The molecule has 0 aliphatic carbocycles. The maximum Gasteiger partial charge on any atom is 0.338 e. The van der Waals surface area contributed by atoms with Crippen molar-refractivity contribution in [1.82, 2.24) is 10.6 Å². The highest BCUT2D eigenvalue weighted by atomic mass is 16.5. The van der Waals surface area contributed by atoms with E-state index in [2.05, 4.69) is 10.6 Å². The molecule has 0 saturated heterocycles. The Morgan fingerprint density at radius 2 is 1.83 bits per heavy atom. The van der Waals surface area contributed by atoms with Crippen molar-refractivity contribution in [3.05, 3.63) is 65.2 Å². The number of amides is 2. The number of hydrogen-bond acceptors (Lipinski definition) is 5. The topological polar surface area (TPSA) is 85.9 Å². The van der Waals surface area contributed by atoms with Crippen LogP contribution in [-0.2, 0) is 9.53 Å². The number of rotatable bonds is 7. The largest absolute Gasteiger partial charge is 0.497 e. The molecule has 1 atom stereocenters. The maximum absolute atomic E-state index is 12.7. The summed E-state index contributed by atoms with van der Waals surface area (Å²) in [4.78, 5) is 25.1. The zero-order valence-corrected chi connectivity index (χ0v) is 16.7. The van der Waals surface area contributed by atoms with Crippen LogP contribution < -0.4 is 20.1 Å². The van der Waals surface area contributed by atoms with Crippen LogP contribution in [0.1, 0.15) is 30.5 Å². The molecule has 2 aromatic rings. The van der Waals surface area contributed by atoms with Gasteiger partial charge >= 0.3 is 12.0 Å². The SMILES string of the molecule is CCCOc1cccc(C2NC(=O)NC(c3ccc(OC)cc3)=C2C(=O)OC)c1. The molecule has 7 heteroatoms. The predicted molar refractivity (Wildman–Crippen MR) is 109 cm³/mol. The van der Waals surface area contributed by atoms with Gasteiger partial charge in [0, 0.05) is 0 Å². The van der Waals surface area contributed by atoms with Crippen molar-refractivity contribution in [2.45, 2.75) is 19.4 Å². The van der Waals surface area contributed by atoms with Crippen molar-refractivity contribution in [3.63, 3.8) is 0 Å². The first-order chi connectivity index (χ1) is 14.1. The highest BCUT2D eigenvalue weighted by Crippen LogP contribution is 2.33. The summed E-state index contributed by atoms with van der Waals surface area (Å²) in [6, 6.07) is 13.3. The van der Waals surface area contributed by atoms with Gasteiger partial charge in [0.15, 0.2) is 0 Å². The monoisotopic (exact) mass is 396 g/mol. The Hall–Kier alpha value is -3.48. The lowest BCUT2D eigenvalue weighted by Crippen LogP contribution is -2.45. The van der Waals surface area contributed by atoms with Crippen LogP contribution in [0.15, 0.2) is 54.1 Å². The summed E-state index contributed by atoms with van der Waals surface area (Å²) in [5.41, 5.74) is 2.10. The zero-order chi connectivity index (χ0) is 20.8. The summed E-state index contributed by atoms with van der Waals surface area (Å²) >= 11 is 0. The number of hydrogen-bond donors (Lipinski definition) is 2. The first-order valence-corrected chi connectivity index (χ1v) is 9.34. The van der Waals surface area contributed by atoms with E-state index in [9.17, 15) is 9.59 Å². The average Bonchev–Trinajstić information content (AvgIpc) is 2.76. The second-order valence-corrected chi connectivity index (χ2v) is 6.46. The van der Waals surface area contributed by atoms with E-state index in [0.717, 1.165) is 12.0 Å². The van der Waals surface area contributed by atoms with Gasteiger partial charge in [-0.25, -0.2) is 9.59 Å². The number of urea groups is 1. The third kappa shape index (κ3) is 4.51. The number of nitrogens with one attached hydrogen (secondary N) is 2. The van der Waals surface area contributed by atoms with Crippen LogP contribution in [0.5, 0.6) is 11.5 Å². The molecule has 0 aromatic heterocycles. The fraction of sp³-hybridized carbons (Fsp3) is 0.273. The smallest absolute Gasteiger partial charge is 0.338 e. The molecule has 0 bridgehead atoms. The van der Waals surface area contributed by atoms with Crippen molar-refractivity contribution in [2.24, 2.45) is 0 Å². The number of ether oxygens (including phenoxy) is 3. The van der Waals surface area contributed by atoms with Gasteiger partial charge in [-0.1, -0.05) is 19.1 Å². The third-order valence-electron chi connectivity index (χ3n) is 4.52. The number of esters is 1. The van der Waals surface area contributed by atoms with Gasteiger partial charge in [-0.15, -0.1) is 0 Å². The number of benzene rings is 2. The Labute approximate surface area is 169 Å². The van der Waals surface area contributed by atoms with Gasteiger partial charge in [0.25, 0.3) is 0 Å². The minimum atomic E-state index is -0.682. The van der Waals surface area contributed by atoms with Crippen molar-refractivity contribution in [3.8, 4) is 11.5 Å². The van der Waals surface area contributed by atoms with Crippen molar-refractivity contribution in [1.29, 1.82) is 0 Å². The van der Waals surface area contributed by atoms with Crippen LogP contribution in [0, 0.1) is 0 Å². The van der Waals surface area contributed by atoms with Crippen LogP contribution in [0.3, 0.4) is 0 Å². The van der Waals surface area contributed by atoms with Crippen molar-refractivity contribution >= 4 is 17.7 Å². The molecule has 0 saturated carbocycles. The molecule has 1 unspecified atom stereocenters. The molecule has 3 rings (SSSR count). The maximum atomic E-state index is 12.7. The molecule has 1 heterocycles. The van der Waals surface area contributed by atoms with Crippen molar-refractivity contribution in [2.75, 3.05) is 20.8 Å². The third-order valence-corrected chi connectivity index (χ3v) is 4.52. The van der Waals surface area contributed by atoms with Gasteiger partial charge < -0.3 is 24.8 Å². The lowest BCUT2D eigenvalue weighted by atomic mass is 9.92. The van der Waals surface area contributed by atoms with Crippen molar-refractivity contribution < 1.29 is 23.8 Å². The highest BCUT2D eigenvalue weighted by Gasteiger charge is 2.34. The normalized spacial score (nSPS) is 16.0. The molecule has 7 nitrogen and oxygen atoms in total. The molecule has 1 aliphatic heterocycles. The highest BCUT2D eigenvalue weighted by molar-refractivity contribution is 6.04. The molecular formula is C22H24N2O5. The average molecular weight is 396 g/mol. The summed E-state index contributed by atoms with van der Waals surface area (Å²) in [5, 5.41) is 5.56. The molecule has 2 amide bonds. The first-order valence-electron chi connectivity index (χ1n) is 9.34. The Kier molecular flexibility index (Phi) is 6.39. The van der Waals surface area contributed by atoms with Crippen LogP contribution in [-0.4, -0.2) is 32.8 Å². The molecule has 29 heavy (non-hydrogen) atoms. The van der Waals surface area contributed by atoms with Gasteiger partial charge in [-0.2, -0.15) is 0 Å². The van der Waals surface area contributed by atoms with E-state index >= 15 is 0 Å². The molecule has 152 valence electrons. The number of carbonyl (C=O) groups excluding carboxylic acids is 2. The van der Waals surface area contributed by atoms with E-state index in [0.29, 0.717) is 34.9 Å². The number of methoxy groups -OCH3 is 2. The van der Waals surface area contributed by atoms with Crippen LogP contribution in [0.2, 0.25) is 0 Å². The Bertz CT molecular complexity index is 921. The van der Waals surface area contributed by atoms with E-state index in [1.165, 1.54) is 7.11 Å². The Morgan fingerprint density at radius 3 is 2.48 bits per heavy atom. The summed E-state index contributed by atoms with van der Waals surface area (Å²) in [7, 11) is 2.89. The van der Waals surface area contributed by atoms with Crippen LogP contribution >= 0.6 is 0 Å². The van der Waals surface area contributed by atoms with Gasteiger partial charge in [0.05, 0.1) is 38.1 Å². The van der Waals surface area contributed by atoms with E-state index in [1.807, 2.05) is 31.2 Å². The molecular weight excluding hydrogens is 372 g/mol. The minimum absolute atomic E-state index is 0.310. The van der Waals surface area contributed by atoms with Gasteiger partial charge in [-0.3, -0.25) is 0 Å². The molecule has 2 N–H and O–H groups in total. The van der Waals surface area contributed by atoms with E-state index in [-0.39, 0.29) is 0 Å². The summed E-state index contributed by atoms with van der Waals surface area (Å²) in [6.45, 7) is 2.61. The van der Waals surface area contributed by atoms with Crippen LogP contribution in [0.25, 0.3) is 5.70 Å². The predicted octanol–water partition coefficient (Wildman–Crippen LogP) is 3.42. The lowest BCUT2D eigenvalue weighted by molar-refractivity contribution is -0.136. The fourth-order valence-corrected chi connectivity index (χ4v) is 3.13. The standard InChI is InChI=1S/C22H24N2O5/c1-4-12-29-17-7-5-6-15(13-17)20-18(21(25)28-3)19(23-22(26)24-20)14-8-10-16(27-2)11-9-14/h5-11,13,20H,4,12H2,1-3H3,(H2,23,24,26). The summed E-state index contributed by atoms with van der Waals surface area (Å²) < 4.78 is 15.9. The lowest BCUT2D eigenvalue weighted by Gasteiger charge is -2.29. The van der Waals surface area contributed by atoms with E-state index in [1.54, 1.807) is 31.4 Å². The molecule has 2 aromatic carbocycles. The van der Waals surface area contributed by atoms with E-state index < -0.39 is 18.0 Å². The Morgan fingerprint density at radius 1 is 1.07 bits per heavy atom. The molecule has 0 fully saturated rings. The summed E-state index contributed by atoms with van der Waals surface area (Å²) in [5.74, 6) is 0.812. The quantitative estimate of drug-likeness (QED) is 0.701. The van der Waals surface area contributed by atoms with Gasteiger partial charge in [0.1, 0.15) is 11.5 Å². The first kappa shape index (κ1) is 20.3. The summed E-state index contributed by atoms with van der Waals surface area (Å²) in [6.07, 6.45) is 0.878. The minimum Gasteiger partial charge on any atom is -0.497 e. The molecule has 1 aliphatic rings. The fourth-order valence-electron chi connectivity index (χ4n) is 3.13. The van der Waals surface area contributed by atoms with Gasteiger partial charge in [-0.05, 0) is 53.9 Å². The number of carbonyl (C=O) groups is 2. The second kappa shape index (κ2) is 9.14. The second-order valence-electron chi connectivity index (χ2n) is 6.46. The Balaban J connectivity index is 2.09. The van der Waals surface area contributed by atoms with Crippen LogP contribution in [0.4, 0.5) is 4.79 Å².